The zero-order valence-corrected chi connectivity index (χ0v) is 11.9. The van der Waals surface area contributed by atoms with Crippen LogP contribution >= 0.6 is 23.1 Å². The molecule has 4 bridgehead atoms. The van der Waals surface area contributed by atoms with E-state index in [0.717, 1.165) is 30.1 Å². The molecular formula is C13H18ClN3S. The Balaban J connectivity index is 1.47. The molecule has 1 aromatic rings. The first-order valence-electron chi connectivity index (χ1n) is 6.94. The van der Waals surface area contributed by atoms with Gasteiger partial charge in [-0.3, -0.25) is 0 Å². The van der Waals surface area contributed by atoms with Crippen LogP contribution in [-0.4, -0.2) is 14.9 Å². The number of rotatable bonds is 3. The largest absolute Gasteiger partial charge is 0.304 e. The highest BCUT2D eigenvalue weighted by atomic mass is 35.5. The predicted molar refractivity (Wildman–Crippen MR) is 72.7 cm³/mol. The van der Waals surface area contributed by atoms with E-state index in [1.807, 2.05) is 0 Å². The average molecular weight is 284 g/mol. The zero-order valence-electron chi connectivity index (χ0n) is 10.4. The minimum Gasteiger partial charge on any atom is -0.304 e. The quantitative estimate of drug-likeness (QED) is 0.925. The lowest BCUT2D eigenvalue weighted by Gasteiger charge is -2.57. The van der Waals surface area contributed by atoms with Crippen molar-refractivity contribution in [2.75, 3.05) is 0 Å². The lowest BCUT2D eigenvalue weighted by Crippen LogP contribution is -2.58. The maximum Gasteiger partial charge on any atom is 0.203 e. The summed E-state index contributed by atoms with van der Waals surface area (Å²) in [6.07, 6.45) is 8.58. The summed E-state index contributed by atoms with van der Waals surface area (Å²) in [7, 11) is 0. The van der Waals surface area contributed by atoms with Crippen LogP contribution in [0.3, 0.4) is 0 Å². The van der Waals surface area contributed by atoms with Crippen LogP contribution in [-0.2, 0) is 6.54 Å². The summed E-state index contributed by atoms with van der Waals surface area (Å²) in [5, 5.41) is 3.78. The summed E-state index contributed by atoms with van der Waals surface area (Å²) in [6.45, 7) is 0.787. The van der Waals surface area contributed by atoms with Gasteiger partial charge in [0.25, 0.3) is 0 Å². The number of halogens is 1. The molecule has 4 aliphatic rings. The Labute approximate surface area is 117 Å². The molecule has 4 saturated carbocycles. The summed E-state index contributed by atoms with van der Waals surface area (Å²) in [4.78, 5) is 4.24. The normalized spacial score (nSPS) is 41.5. The van der Waals surface area contributed by atoms with Crippen LogP contribution in [0.15, 0.2) is 0 Å². The number of aromatic nitrogens is 2. The Morgan fingerprint density at radius 3 is 2.28 bits per heavy atom. The molecule has 4 aliphatic carbocycles. The average Bonchev–Trinajstić information content (AvgIpc) is 2.71. The lowest BCUT2D eigenvalue weighted by atomic mass is 9.53. The van der Waals surface area contributed by atoms with Crippen molar-refractivity contribution < 1.29 is 0 Å². The van der Waals surface area contributed by atoms with Gasteiger partial charge in [-0.15, -0.1) is 0 Å². The molecule has 0 amide bonds. The molecule has 1 N–H and O–H groups in total. The SMILES string of the molecule is Clc1nc(CNC23CC4CC(CC(C4)C2)C3)ns1. The fourth-order valence-electron chi connectivity index (χ4n) is 4.90. The summed E-state index contributed by atoms with van der Waals surface area (Å²) in [6, 6.07) is 0. The van der Waals surface area contributed by atoms with Crippen LogP contribution in [0.1, 0.15) is 44.3 Å². The van der Waals surface area contributed by atoms with E-state index >= 15 is 0 Å². The molecule has 0 saturated heterocycles. The van der Waals surface area contributed by atoms with Gasteiger partial charge in [-0.25, -0.2) is 4.98 Å². The van der Waals surface area contributed by atoms with Gasteiger partial charge in [0.15, 0.2) is 5.82 Å². The highest BCUT2D eigenvalue weighted by molar-refractivity contribution is 7.10. The van der Waals surface area contributed by atoms with Crippen molar-refractivity contribution in [1.29, 1.82) is 0 Å². The molecule has 5 rings (SSSR count). The van der Waals surface area contributed by atoms with Crippen molar-refractivity contribution >= 4 is 23.1 Å². The van der Waals surface area contributed by atoms with Gasteiger partial charge in [0.05, 0.1) is 6.54 Å². The zero-order chi connectivity index (χ0) is 12.2. The number of nitrogens with zero attached hydrogens (tertiary/aromatic N) is 2. The molecule has 3 nitrogen and oxygen atoms in total. The van der Waals surface area contributed by atoms with E-state index in [4.69, 9.17) is 11.6 Å². The summed E-state index contributed by atoms with van der Waals surface area (Å²) in [5.74, 6) is 3.81. The monoisotopic (exact) mass is 283 g/mol. The van der Waals surface area contributed by atoms with E-state index in [-0.39, 0.29) is 0 Å². The molecule has 0 spiro atoms. The van der Waals surface area contributed by atoms with Gasteiger partial charge in [0.1, 0.15) is 0 Å². The fraction of sp³-hybridized carbons (Fsp3) is 0.846. The Bertz CT molecular complexity index is 424. The van der Waals surface area contributed by atoms with Crippen molar-refractivity contribution in [3.05, 3.63) is 10.3 Å². The molecule has 0 atom stereocenters. The Morgan fingerprint density at radius 1 is 1.17 bits per heavy atom. The second kappa shape index (κ2) is 4.15. The number of hydrogen-bond donors (Lipinski definition) is 1. The van der Waals surface area contributed by atoms with E-state index in [0.29, 0.717) is 10.0 Å². The van der Waals surface area contributed by atoms with Crippen molar-refractivity contribution in [2.24, 2.45) is 17.8 Å². The minimum absolute atomic E-state index is 0.395. The van der Waals surface area contributed by atoms with Crippen molar-refractivity contribution in [3.63, 3.8) is 0 Å². The molecule has 0 aromatic carbocycles. The maximum atomic E-state index is 5.83. The molecule has 1 aromatic heterocycles. The molecule has 18 heavy (non-hydrogen) atoms. The number of nitrogens with one attached hydrogen (secondary N) is 1. The molecule has 0 radical (unpaired) electrons. The summed E-state index contributed by atoms with van der Waals surface area (Å²) in [5.41, 5.74) is 0.395. The lowest BCUT2D eigenvalue weighted by molar-refractivity contribution is -0.0208. The van der Waals surface area contributed by atoms with Gasteiger partial charge < -0.3 is 5.32 Å². The smallest absolute Gasteiger partial charge is 0.203 e. The first-order valence-corrected chi connectivity index (χ1v) is 8.09. The second-order valence-electron chi connectivity index (χ2n) is 6.51. The highest BCUT2D eigenvalue weighted by Crippen LogP contribution is 2.55. The fourth-order valence-corrected chi connectivity index (χ4v) is 5.53. The van der Waals surface area contributed by atoms with Crippen LogP contribution in [0.2, 0.25) is 4.47 Å². The third-order valence-electron chi connectivity index (χ3n) is 5.10. The van der Waals surface area contributed by atoms with Gasteiger partial charge in [-0.2, -0.15) is 4.37 Å². The summed E-state index contributed by atoms with van der Waals surface area (Å²) >= 11 is 7.12. The second-order valence-corrected chi connectivity index (χ2v) is 7.85. The topological polar surface area (TPSA) is 37.8 Å². The molecule has 1 heterocycles. The van der Waals surface area contributed by atoms with E-state index < -0.39 is 0 Å². The first kappa shape index (κ1) is 11.6. The Morgan fingerprint density at radius 2 is 1.78 bits per heavy atom. The van der Waals surface area contributed by atoms with Crippen molar-refractivity contribution in [2.45, 2.75) is 50.6 Å². The Hall–Kier alpha value is -0.190. The number of hydrogen-bond acceptors (Lipinski definition) is 4. The van der Waals surface area contributed by atoms with Gasteiger partial charge in [0, 0.05) is 5.54 Å². The highest BCUT2D eigenvalue weighted by Gasteiger charge is 2.50. The molecule has 0 unspecified atom stereocenters. The molecule has 0 aliphatic heterocycles. The van der Waals surface area contributed by atoms with Gasteiger partial charge in [-0.05, 0) is 79.4 Å². The van der Waals surface area contributed by atoms with Crippen molar-refractivity contribution in [1.82, 2.24) is 14.7 Å². The minimum atomic E-state index is 0.395. The standard InChI is InChI=1S/C13H18ClN3S/c14-12-16-11(17-18-12)7-15-13-4-8-1-9(5-13)3-10(2-8)6-13/h8-10,15H,1-7H2. The third kappa shape index (κ3) is 1.98. The van der Waals surface area contributed by atoms with E-state index in [9.17, 15) is 0 Å². The maximum absolute atomic E-state index is 5.83. The van der Waals surface area contributed by atoms with Crippen molar-refractivity contribution in [3.8, 4) is 0 Å². The molecule has 5 heteroatoms. The predicted octanol–water partition coefficient (Wildman–Crippen LogP) is 3.25. The Kier molecular flexibility index (Phi) is 2.68. The van der Waals surface area contributed by atoms with Crippen LogP contribution in [0.4, 0.5) is 0 Å². The van der Waals surface area contributed by atoms with Gasteiger partial charge >= 0.3 is 0 Å². The third-order valence-corrected chi connectivity index (χ3v) is 5.94. The summed E-state index contributed by atoms with van der Waals surface area (Å²) < 4.78 is 4.82. The molecule has 4 fully saturated rings. The first-order chi connectivity index (χ1) is 8.71. The van der Waals surface area contributed by atoms with E-state index in [2.05, 4.69) is 14.7 Å². The van der Waals surface area contributed by atoms with Crippen LogP contribution < -0.4 is 5.32 Å². The van der Waals surface area contributed by atoms with Crippen LogP contribution in [0.5, 0.6) is 0 Å². The van der Waals surface area contributed by atoms with Crippen LogP contribution in [0, 0.1) is 17.8 Å². The van der Waals surface area contributed by atoms with E-state index in [1.54, 1.807) is 0 Å². The van der Waals surface area contributed by atoms with Gasteiger partial charge in [-0.1, -0.05) is 0 Å². The molecule has 98 valence electrons. The van der Waals surface area contributed by atoms with Crippen LogP contribution in [0.25, 0.3) is 0 Å². The van der Waals surface area contributed by atoms with E-state index in [1.165, 1.54) is 50.1 Å². The van der Waals surface area contributed by atoms with Gasteiger partial charge in [0.2, 0.25) is 4.47 Å². The molecular weight excluding hydrogens is 266 g/mol.